The summed E-state index contributed by atoms with van der Waals surface area (Å²) in [7, 11) is 0. The lowest BCUT2D eigenvalue weighted by Crippen LogP contribution is -2.44. The minimum Gasteiger partial charge on any atom is -0.393 e. The van der Waals surface area contributed by atoms with Gasteiger partial charge in [0.15, 0.2) is 0 Å². The van der Waals surface area contributed by atoms with Crippen LogP contribution in [-0.4, -0.2) is 17.5 Å². The summed E-state index contributed by atoms with van der Waals surface area (Å²) >= 11 is 0. The number of aliphatic hydroxyl groups is 1. The predicted octanol–water partition coefficient (Wildman–Crippen LogP) is 5.89. The van der Waals surface area contributed by atoms with Crippen molar-refractivity contribution in [3.63, 3.8) is 0 Å². The number of carbonyl (C=O) groups is 1. The standard InChI is InChI=1S/C26H34O2/c1-4-5-20-19(14-15-27)10-11-21-23-12-13-24(28)26(23,3)16-22(25(20)21)18-8-6-17(2)7-9-18/h6-9,14-15,21-24,28H,4-5,10-13,16H2,1-3H3/b19-14-. The molecule has 0 heterocycles. The molecule has 0 radical (unpaired) electrons. The van der Waals surface area contributed by atoms with Crippen LogP contribution in [-0.2, 0) is 4.79 Å². The van der Waals surface area contributed by atoms with E-state index in [-0.39, 0.29) is 11.5 Å². The zero-order valence-corrected chi connectivity index (χ0v) is 17.6. The van der Waals surface area contributed by atoms with Gasteiger partial charge in [0.05, 0.1) is 6.10 Å². The van der Waals surface area contributed by atoms with Gasteiger partial charge < -0.3 is 5.11 Å². The van der Waals surface area contributed by atoms with Gasteiger partial charge in [-0.1, -0.05) is 55.7 Å². The molecule has 0 bridgehead atoms. The Hall–Kier alpha value is -1.67. The average molecular weight is 379 g/mol. The van der Waals surface area contributed by atoms with E-state index in [0.29, 0.717) is 17.8 Å². The van der Waals surface area contributed by atoms with E-state index in [1.165, 1.54) is 22.3 Å². The first-order valence-electron chi connectivity index (χ1n) is 11.1. The Labute approximate surface area is 169 Å². The van der Waals surface area contributed by atoms with Gasteiger partial charge in [-0.2, -0.15) is 0 Å². The van der Waals surface area contributed by atoms with Crippen LogP contribution < -0.4 is 0 Å². The Morgan fingerprint density at radius 2 is 1.93 bits per heavy atom. The lowest BCUT2D eigenvalue weighted by atomic mass is 9.53. The molecule has 150 valence electrons. The molecule has 3 aliphatic rings. The van der Waals surface area contributed by atoms with Gasteiger partial charge in [0.2, 0.25) is 0 Å². The lowest BCUT2D eigenvalue weighted by molar-refractivity contribution is -0.104. The molecule has 2 saturated carbocycles. The third-order valence-corrected chi connectivity index (χ3v) is 7.97. The normalized spacial score (nSPS) is 36.4. The molecule has 0 amide bonds. The second-order valence-corrected chi connectivity index (χ2v) is 9.53. The highest BCUT2D eigenvalue weighted by Gasteiger charge is 2.56. The molecule has 1 N–H and O–H groups in total. The zero-order valence-electron chi connectivity index (χ0n) is 17.6. The summed E-state index contributed by atoms with van der Waals surface area (Å²) < 4.78 is 0. The van der Waals surface area contributed by atoms with Crippen LogP contribution in [0.3, 0.4) is 0 Å². The topological polar surface area (TPSA) is 37.3 Å². The highest BCUT2D eigenvalue weighted by molar-refractivity contribution is 5.69. The third kappa shape index (κ3) is 3.10. The minimum atomic E-state index is -0.187. The predicted molar refractivity (Wildman–Crippen MR) is 114 cm³/mol. The number of benzene rings is 1. The molecule has 0 saturated heterocycles. The summed E-state index contributed by atoms with van der Waals surface area (Å²) in [5, 5.41) is 10.9. The number of aldehydes is 1. The molecule has 4 rings (SSSR count). The largest absolute Gasteiger partial charge is 0.393 e. The van der Waals surface area contributed by atoms with Gasteiger partial charge in [0, 0.05) is 5.92 Å². The first kappa shape index (κ1) is 19.6. The van der Waals surface area contributed by atoms with E-state index in [2.05, 4.69) is 45.0 Å². The van der Waals surface area contributed by atoms with Crippen molar-refractivity contribution in [3.8, 4) is 0 Å². The van der Waals surface area contributed by atoms with E-state index in [9.17, 15) is 9.90 Å². The molecule has 0 spiro atoms. The Morgan fingerprint density at radius 1 is 1.18 bits per heavy atom. The van der Waals surface area contributed by atoms with Gasteiger partial charge in [0.1, 0.15) is 6.29 Å². The van der Waals surface area contributed by atoms with Gasteiger partial charge in [0.25, 0.3) is 0 Å². The lowest BCUT2D eigenvalue weighted by Gasteiger charge is -2.51. The summed E-state index contributed by atoms with van der Waals surface area (Å²) in [4.78, 5) is 11.3. The van der Waals surface area contributed by atoms with E-state index in [4.69, 9.17) is 0 Å². The summed E-state index contributed by atoms with van der Waals surface area (Å²) in [6.07, 6.45) is 9.99. The molecular formula is C26H34O2. The monoisotopic (exact) mass is 378 g/mol. The number of fused-ring (bicyclic) bond motifs is 3. The third-order valence-electron chi connectivity index (χ3n) is 7.97. The molecule has 0 aromatic heterocycles. The van der Waals surface area contributed by atoms with Crippen LogP contribution in [0.25, 0.3) is 0 Å². The molecule has 28 heavy (non-hydrogen) atoms. The fourth-order valence-corrected chi connectivity index (χ4v) is 6.57. The van der Waals surface area contributed by atoms with E-state index in [0.717, 1.165) is 51.2 Å². The molecule has 1 aromatic rings. The number of carbonyl (C=O) groups excluding carboxylic acids is 1. The van der Waals surface area contributed by atoms with Crippen LogP contribution in [0.4, 0.5) is 0 Å². The van der Waals surface area contributed by atoms with Crippen LogP contribution in [0.2, 0.25) is 0 Å². The molecule has 2 fully saturated rings. The van der Waals surface area contributed by atoms with Crippen molar-refractivity contribution in [2.45, 2.75) is 77.7 Å². The maximum absolute atomic E-state index is 11.3. The first-order chi connectivity index (χ1) is 13.5. The molecule has 2 heteroatoms. The number of hydrogen-bond donors (Lipinski definition) is 1. The molecule has 5 unspecified atom stereocenters. The Kier molecular flexibility index (Phi) is 5.35. The van der Waals surface area contributed by atoms with Gasteiger partial charge in [-0.15, -0.1) is 0 Å². The summed E-state index contributed by atoms with van der Waals surface area (Å²) in [6, 6.07) is 9.01. The second-order valence-electron chi connectivity index (χ2n) is 9.53. The van der Waals surface area contributed by atoms with Crippen molar-refractivity contribution >= 4 is 6.29 Å². The van der Waals surface area contributed by atoms with Gasteiger partial charge >= 0.3 is 0 Å². The number of rotatable bonds is 4. The Morgan fingerprint density at radius 3 is 2.61 bits per heavy atom. The second kappa shape index (κ2) is 7.63. The average Bonchev–Trinajstić information content (AvgIpc) is 2.98. The van der Waals surface area contributed by atoms with Crippen LogP contribution in [0.1, 0.15) is 75.8 Å². The van der Waals surface area contributed by atoms with E-state index < -0.39 is 0 Å². The van der Waals surface area contributed by atoms with E-state index in [1.54, 1.807) is 5.57 Å². The van der Waals surface area contributed by atoms with Crippen molar-refractivity contribution in [1.29, 1.82) is 0 Å². The smallest absolute Gasteiger partial charge is 0.143 e. The van der Waals surface area contributed by atoms with E-state index >= 15 is 0 Å². The van der Waals surface area contributed by atoms with Gasteiger partial charge in [-0.3, -0.25) is 4.79 Å². The molecule has 5 atom stereocenters. The van der Waals surface area contributed by atoms with Crippen LogP contribution >= 0.6 is 0 Å². The molecule has 0 aliphatic heterocycles. The fraction of sp³-hybridized carbons (Fsp3) is 0.577. The SMILES string of the molecule is CCCC1=C2C(c3ccc(C)cc3)CC3(C)C(O)CCC3C2CC/C1=C/C=O. The van der Waals surface area contributed by atoms with Crippen molar-refractivity contribution in [2.24, 2.45) is 17.3 Å². The zero-order chi connectivity index (χ0) is 19.9. The van der Waals surface area contributed by atoms with Crippen molar-refractivity contribution in [2.75, 3.05) is 0 Å². The minimum absolute atomic E-state index is 0.00687. The molecule has 2 nitrogen and oxygen atoms in total. The van der Waals surface area contributed by atoms with E-state index in [1.807, 2.05) is 6.08 Å². The van der Waals surface area contributed by atoms with Crippen molar-refractivity contribution in [1.82, 2.24) is 0 Å². The molecule has 1 aromatic carbocycles. The number of allylic oxidation sites excluding steroid dienone is 4. The fourth-order valence-electron chi connectivity index (χ4n) is 6.57. The summed E-state index contributed by atoms with van der Waals surface area (Å²) in [6.45, 7) is 6.71. The number of aryl methyl sites for hydroxylation is 1. The van der Waals surface area contributed by atoms with Crippen LogP contribution in [0.15, 0.2) is 47.1 Å². The van der Waals surface area contributed by atoms with Crippen LogP contribution in [0, 0.1) is 24.2 Å². The maximum Gasteiger partial charge on any atom is 0.143 e. The van der Waals surface area contributed by atoms with Crippen molar-refractivity contribution < 1.29 is 9.90 Å². The summed E-state index contributed by atoms with van der Waals surface area (Å²) in [5.41, 5.74) is 7.00. The quantitative estimate of drug-likeness (QED) is 0.524. The maximum atomic E-state index is 11.3. The summed E-state index contributed by atoms with van der Waals surface area (Å²) in [5.74, 6) is 1.48. The number of hydrogen-bond acceptors (Lipinski definition) is 2. The number of aliphatic hydroxyl groups excluding tert-OH is 1. The van der Waals surface area contributed by atoms with Crippen LogP contribution in [0.5, 0.6) is 0 Å². The first-order valence-corrected chi connectivity index (χ1v) is 11.1. The Balaban J connectivity index is 1.89. The molecular weight excluding hydrogens is 344 g/mol. The van der Waals surface area contributed by atoms with Crippen molar-refractivity contribution in [3.05, 3.63) is 58.2 Å². The van der Waals surface area contributed by atoms with Gasteiger partial charge in [-0.05, 0) is 85.5 Å². The Bertz CT molecular complexity index is 800. The van der Waals surface area contributed by atoms with Gasteiger partial charge in [-0.25, -0.2) is 0 Å². The highest BCUT2D eigenvalue weighted by Crippen LogP contribution is 2.63. The highest BCUT2D eigenvalue weighted by atomic mass is 16.3. The molecule has 3 aliphatic carbocycles.